The fraction of sp³-hybridized carbons (Fsp3) is 0.133. The van der Waals surface area contributed by atoms with Gasteiger partial charge in [0.05, 0.1) is 0 Å². The van der Waals surface area contributed by atoms with Crippen molar-refractivity contribution in [3.63, 3.8) is 0 Å². The number of imidazole rings is 1. The van der Waals surface area contributed by atoms with Gasteiger partial charge in [-0.25, -0.2) is 4.98 Å². The number of ether oxygens (including phenoxy) is 1. The third kappa shape index (κ3) is 1.95. The molecule has 0 aliphatic heterocycles. The number of pyridine rings is 1. The molecule has 90 valence electrons. The van der Waals surface area contributed by atoms with Crippen molar-refractivity contribution in [3.05, 3.63) is 66.1 Å². The Morgan fingerprint density at radius 3 is 2.78 bits per heavy atom. The zero-order chi connectivity index (χ0) is 12.4. The summed E-state index contributed by atoms with van der Waals surface area (Å²) in [6.07, 6.45) is 3.84. The van der Waals surface area contributed by atoms with Gasteiger partial charge in [0.2, 0.25) is 0 Å². The molecular formula is C15H14N2O. The average Bonchev–Trinajstić information content (AvgIpc) is 2.80. The van der Waals surface area contributed by atoms with Crippen LogP contribution in [0.15, 0.2) is 54.9 Å². The fourth-order valence-electron chi connectivity index (χ4n) is 1.96. The van der Waals surface area contributed by atoms with Crippen LogP contribution >= 0.6 is 0 Å². The standard InChI is InChI=1S/C15H14N2O/c1-12-10-16-15-14(8-5-9-17(12)15)18-11-13-6-3-2-4-7-13/h2-10H,11H2,1H3. The van der Waals surface area contributed by atoms with Gasteiger partial charge < -0.3 is 9.14 Å². The molecule has 0 unspecified atom stereocenters. The van der Waals surface area contributed by atoms with Crippen LogP contribution in [0, 0.1) is 6.92 Å². The lowest BCUT2D eigenvalue weighted by molar-refractivity contribution is 0.308. The minimum Gasteiger partial charge on any atom is -0.485 e. The molecule has 0 bridgehead atoms. The average molecular weight is 238 g/mol. The summed E-state index contributed by atoms with van der Waals surface area (Å²) in [5.74, 6) is 0.814. The Labute approximate surface area is 106 Å². The van der Waals surface area contributed by atoms with E-state index in [2.05, 4.69) is 17.1 Å². The minimum absolute atomic E-state index is 0.562. The van der Waals surface area contributed by atoms with Crippen LogP contribution in [0.25, 0.3) is 5.65 Å². The van der Waals surface area contributed by atoms with Gasteiger partial charge in [0.1, 0.15) is 6.61 Å². The van der Waals surface area contributed by atoms with E-state index in [9.17, 15) is 0 Å². The maximum absolute atomic E-state index is 5.84. The van der Waals surface area contributed by atoms with E-state index in [1.165, 1.54) is 0 Å². The summed E-state index contributed by atoms with van der Waals surface area (Å²) in [5, 5.41) is 0. The molecule has 3 nitrogen and oxygen atoms in total. The van der Waals surface area contributed by atoms with Crippen molar-refractivity contribution in [1.29, 1.82) is 0 Å². The van der Waals surface area contributed by atoms with E-state index in [1.807, 2.05) is 54.0 Å². The summed E-state index contributed by atoms with van der Waals surface area (Å²) in [7, 11) is 0. The van der Waals surface area contributed by atoms with Crippen molar-refractivity contribution in [2.24, 2.45) is 0 Å². The first-order valence-corrected chi connectivity index (χ1v) is 5.94. The molecule has 3 rings (SSSR count). The first-order chi connectivity index (χ1) is 8.84. The predicted molar refractivity (Wildman–Crippen MR) is 70.7 cm³/mol. The second kappa shape index (κ2) is 4.53. The molecule has 0 N–H and O–H groups in total. The molecule has 0 spiro atoms. The highest BCUT2D eigenvalue weighted by molar-refractivity contribution is 5.54. The first-order valence-electron chi connectivity index (χ1n) is 5.94. The SMILES string of the molecule is Cc1cnc2c(OCc3ccccc3)cccn12. The normalized spacial score (nSPS) is 10.7. The monoisotopic (exact) mass is 238 g/mol. The molecule has 0 aliphatic rings. The van der Waals surface area contributed by atoms with Gasteiger partial charge in [-0.05, 0) is 24.6 Å². The van der Waals surface area contributed by atoms with Gasteiger partial charge in [0.25, 0.3) is 0 Å². The Morgan fingerprint density at radius 1 is 1.11 bits per heavy atom. The lowest BCUT2D eigenvalue weighted by Crippen LogP contribution is -1.97. The topological polar surface area (TPSA) is 26.5 Å². The maximum atomic E-state index is 5.84. The van der Waals surface area contributed by atoms with Crippen LogP contribution in [0.5, 0.6) is 5.75 Å². The molecule has 3 aromatic rings. The highest BCUT2D eigenvalue weighted by atomic mass is 16.5. The first kappa shape index (κ1) is 10.8. The van der Waals surface area contributed by atoms with Crippen molar-refractivity contribution in [2.45, 2.75) is 13.5 Å². The van der Waals surface area contributed by atoms with E-state index < -0.39 is 0 Å². The zero-order valence-electron chi connectivity index (χ0n) is 10.2. The second-order valence-electron chi connectivity index (χ2n) is 4.24. The number of rotatable bonds is 3. The van der Waals surface area contributed by atoms with Gasteiger partial charge in [-0.15, -0.1) is 0 Å². The number of fused-ring (bicyclic) bond motifs is 1. The molecule has 3 heteroatoms. The van der Waals surface area contributed by atoms with Crippen molar-refractivity contribution in [1.82, 2.24) is 9.38 Å². The predicted octanol–water partition coefficient (Wildman–Crippen LogP) is 3.22. The largest absolute Gasteiger partial charge is 0.485 e. The summed E-state index contributed by atoms with van der Waals surface area (Å²) in [6.45, 7) is 2.59. The van der Waals surface area contributed by atoms with Crippen LogP contribution in [0.4, 0.5) is 0 Å². The maximum Gasteiger partial charge on any atom is 0.179 e. The molecule has 18 heavy (non-hydrogen) atoms. The van der Waals surface area contributed by atoms with Gasteiger partial charge in [0.15, 0.2) is 11.4 Å². The van der Waals surface area contributed by atoms with Gasteiger partial charge in [0, 0.05) is 18.1 Å². The van der Waals surface area contributed by atoms with Crippen LogP contribution in [0.1, 0.15) is 11.3 Å². The van der Waals surface area contributed by atoms with Gasteiger partial charge >= 0.3 is 0 Å². The Balaban J connectivity index is 1.87. The molecule has 0 amide bonds. The minimum atomic E-state index is 0.562. The van der Waals surface area contributed by atoms with Crippen LogP contribution in [-0.4, -0.2) is 9.38 Å². The number of hydrogen-bond acceptors (Lipinski definition) is 2. The molecule has 2 aromatic heterocycles. The summed E-state index contributed by atoms with van der Waals surface area (Å²) >= 11 is 0. The third-order valence-corrected chi connectivity index (χ3v) is 2.92. The van der Waals surface area contributed by atoms with Gasteiger partial charge in [-0.1, -0.05) is 30.3 Å². The number of benzene rings is 1. The second-order valence-corrected chi connectivity index (χ2v) is 4.24. The van der Waals surface area contributed by atoms with E-state index >= 15 is 0 Å². The highest BCUT2D eigenvalue weighted by Gasteiger charge is 2.05. The molecule has 0 aliphatic carbocycles. The number of aryl methyl sites for hydroxylation is 1. The molecule has 2 heterocycles. The van der Waals surface area contributed by atoms with Gasteiger partial charge in [-0.2, -0.15) is 0 Å². The van der Waals surface area contributed by atoms with Crippen molar-refractivity contribution < 1.29 is 4.74 Å². The van der Waals surface area contributed by atoms with Crippen molar-refractivity contribution >= 4 is 5.65 Å². The number of nitrogens with zero attached hydrogens (tertiary/aromatic N) is 2. The Bertz CT molecular complexity index is 659. The third-order valence-electron chi connectivity index (χ3n) is 2.92. The van der Waals surface area contributed by atoms with E-state index in [1.54, 1.807) is 0 Å². The summed E-state index contributed by atoms with van der Waals surface area (Å²) in [6, 6.07) is 14.1. The Morgan fingerprint density at radius 2 is 1.94 bits per heavy atom. The fourth-order valence-corrected chi connectivity index (χ4v) is 1.96. The molecule has 0 saturated carbocycles. The van der Waals surface area contributed by atoms with E-state index in [4.69, 9.17) is 4.74 Å². The number of hydrogen-bond donors (Lipinski definition) is 0. The Kier molecular flexibility index (Phi) is 2.73. The van der Waals surface area contributed by atoms with E-state index in [-0.39, 0.29) is 0 Å². The summed E-state index contributed by atoms with van der Waals surface area (Å²) < 4.78 is 7.86. The van der Waals surface area contributed by atoms with Crippen molar-refractivity contribution in [3.8, 4) is 5.75 Å². The van der Waals surface area contributed by atoms with Crippen molar-refractivity contribution in [2.75, 3.05) is 0 Å². The summed E-state index contributed by atoms with van der Waals surface area (Å²) in [4.78, 5) is 4.37. The molecule has 0 atom stereocenters. The lowest BCUT2D eigenvalue weighted by Gasteiger charge is -2.07. The van der Waals surface area contributed by atoms with Crippen LogP contribution in [0.3, 0.4) is 0 Å². The van der Waals surface area contributed by atoms with Gasteiger partial charge in [-0.3, -0.25) is 0 Å². The van der Waals surface area contributed by atoms with E-state index in [0.29, 0.717) is 6.61 Å². The van der Waals surface area contributed by atoms with E-state index in [0.717, 1.165) is 22.7 Å². The van der Waals surface area contributed by atoms with Crippen LogP contribution in [-0.2, 0) is 6.61 Å². The molecule has 0 fully saturated rings. The quantitative estimate of drug-likeness (QED) is 0.700. The van der Waals surface area contributed by atoms with Crippen LogP contribution < -0.4 is 4.74 Å². The smallest absolute Gasteiger partial charge is 0.179 e. The molecule has 0 radical (unpaired) electrons. The highest BCUT2D eigenvalue weighted by Crippen LogP contribution is 2.20. The molecule has 0 saturated heterocycles. The summed E-state index contributed by atoms with van der Waals surface area (Å²) in [5.41, 5.74) is 3.13. The lowest BCUT2D eigenvalue weighted by atomic mass is 10.2. The zero-order valence-corrected chi connectivity index (χ0v) is 10.2. The van der Waals surface area contributed by atoms with Crippen LogP contribution in [0.2, 0.25) is 0 Å². The molecular weight excluding hydrogens is 224 g/mol. The Hall–Kier alpha value is -2.29. The molecule has 1 aromatic carbocycles. The number of aromatic nitrogens is 2.